The van der Waals surface area contributed by atoms with Crippen molar-refractivity contribution in [3.8, 4) is 5.75 Å². The highest BCUT2D eigenvalue weighted by molar-refractivity contribution is 5.79. The molecule has 1 amide bonds. The van der Waals surface area contributed by atoms with Crippen LogP contribution in [0.3, 0.4) is 0 Å². The molecular formula is C24H32N4O3. The summed E-state index contributed by atoms with van der Waals surface area (Å²) in [5.41, 5.74) is 1.16. The van der Waals surface area contributed by atoms with Crippen molar-refractivity contribution in [3.63, 3.8) is 0 Å². The predicted molar refractivity (Wildman–Crippen MR) is 119 cm³/mol. The fourth-order valence-corrected chi connectivity index (χ4v) is 4.60. The van der Waals surface area contributed by atoms with Gasteiger partial charge in [0.15, 0.2) is 0 Å². The van der Waals surface area contributed by atoms with Crippen LogP contribution in [0.1, 0.15) is 38.2 Å². The van der Waals surface area contributed by atoms with E-state index in [0.29, 0.717) is 13.2 Å². The molecule has 166 valence electrons. The number of amides is 1. The molecule has 7 heteroatoms. The van der Waals surface area contributed by atoms with Gasteiger partial charge in [0.1, 0.15) is 5.75 Å². The molecule has 1 N–H and O–H groups in total. The number of carbonyl (C=O) groups is 1. The second-order valence-corrected chi connectivity index (χ2v) is 8.38. The van der Waals surface area contributed by atoms with Crippen molar-refractivity contribution in [3.05, 3.63) is 48.3 Å². The minimum absolute atomic E-state index is 0.0391. The Labute approximate surface area is 184 Å². The van der Waals surface area contributed by atoms with E-state index in [4.69, 9.17) is 9.47 Å². The van der Waals surface area contributed by atoms with E-state index in [2.05, 4.69) is 32.3 Å². The maximum Gasteiger partial charge on any atom is 0.225 e. The molecule has 0 unspecified atom stereocenters. The van der Waals surface area contributed by atoms with Gasteiger partial charge >= 0.3 is 0 Å². The van der Waals surface area contributed by atoms with Gasteiger partial charge in [-0.05, 0) is 56.4 Å². The lowest BCUT2D eigenvalue weighted by Crippen LogP contribution is -2.47. The van der Waals surface area contributed by atoms with E-state index in [9.17, 15) is 4.79 Å². The van der Waals surface area contributed by atoms with Crippen molar-refractivity contribution >= 4 is 11.9 Å². The topological polar surface area (TPSA) is 76.6 Å². The Kier molecular flexibility index (Phi) is 7.02. The van der Waals surface area contributed by atoms with Gasteiger partial charge in [0.05, 0.1) is 6.61 Å². The summed E-state index contributed by atoms with van der Waals surface area (Å²) in [6, 6.07) is 10.2. The summed E-state index contributed by atoms with van der Waals surface area (Å²) in [5.74, 6) is 1.83. The number of carbonyl (C=O) groups excluding carboxylic acids is 1. The maximum absolute atomic E-state index is 13.0. The van der Waals surface area contributed by atoms with Crippen molar-refractivity contribution in [1.29, 1.82) is 0 Å². The number of nitrogens with one attached hydrogen (secondary N) is 1. The highest BCUT2D eigenvalue weighted by Crippen LogP contribution is 2.35. The van der Waals surface area contributed by atoms with E-state index >= 15 is 0 Å². The van der Waals surface area contributed by atoms with Crippen LogP contribution in [-0.4, -0.2) is 55.3 Å². The molecule has 2 aromatic rings. The fraction of sp³-hybridized carbons (Fsp3) is 0.542. The highest BCUT2D eigenvalue weighted by atomic mass is 16.5. The molecule has 2 aliphatic rings. The van der Waals surface area contributed by atoms with Gasteiger partial charge in [-0.1, -0.05) is 12.1 Å². The third-order valence-electron chi connectivity index (χ3n) is 6.53. The van der Waals surface area contributed by atoms with Crippen LogP contribution in [0.5, 0.6) is 5.75 Å². The van der Waals surface area contributed by atoms with E-state index in [1.807, 2.05) is 25.1 Å². The second kappa shape index (κ2) is 10.1. The first-order valence-electron chi connectivity index (χ1n) is 11.3. The Balaban J connectivity index is 1.36. The first kappa shape index (κ1) is 21.6. The molecule has 0 bridgehead atoms. The molecule has 3 heterocycles. The summed E-state index contributed by atoms with van der Waals surface area (Å²) in [6.45, 7) is 6.34. The number of nitrogens with zero attached hydrogens (tertiary/aromatic N) is 3. The number of piperidine rings is 1. The van der Waals surface area contributed by atoms with Crippen molar-refractivity contribution < 1.29 is 14.3 Å². The lowest BCUT2D eigenvalue weighted by molar-refractivity contribution is -0.126. The zero-order chi connectivity index (χ0) is 21.5. The first-order chi connectivity index (χ1) is 15.2. The van der Waals surface area contributed by atoms with Crippen LogP contribution in [0.4, 0.5) is 5.95 Å². The Hall–Kier alpha value is -2.67. The van der Waals surface area contributed by atoms with Crippen molar-refractivity contribution in [1.82, 2.24) is 15.3 Å². The van der Waals surface area contributed by atoms with Gasteiger partial charge in [-0.3, -0.25) is 4.79 Å². The zero-order valence-electron chi connectivity index (χ0n) is 18.3. The molecule has 0 saturated carbocycles. The molecule has 0 aliphatic carbocycles. The van der Waals surface area contributed by atoms with Gasteiger partial charge in [0.25, 0.3) is 0 Å². The molecule has 2 aliphatic heterocycles. The largest absolute Gasteiger partial charge is 0.494 e. The zero-order valence-corrected chi connectivity index (χ0v) is 18.3. The smallest absolute Gasteiger partial charge is 0.225 e. The van der Waals surface area contributed by atoms with Gasteiger partial charge < -0.3 is 19.7 Å². The minimum Gasteiger partial charge on any atom is -0.494 e. The molecule has 4 rings (SSSR count). The molecule has 1 aromatic carbocycles. The summed E-state index contributed by atoms with van der Waals surface area (Å²) in [6.07, 6.45) is 6.98. The lowest BCUT2D eigenvalue weighted by Gasteiger charge is -2.39. The number of ether oxygens (including phenoxy) is 2. The minimum atomic E-state index is -0.0861. The third kappa shape index (κ3) is 5.15. The average Bonchev–Trinajstić information content (AvgIpc) is 2.84. The summed E-state index contributed by atoms with van der Waals surface area (Å²) in [5, 5.41) is 3.28. The molecule has 7 nitrogen and oxygen atoms in total. The Bertz CT molecular complexity index is 830. The first-order valence-corrected chi connectivity index (χ1v) is 11.3. The van der Waals surface area contributed by atoms with Crippen LogP contribution in [-0.2, 0) is 14.9 Å². The summed E-state index contributed by atoms with van der Waals surface area (Å²) in [4.78, 5) is 23.8. The Morgan fingerprint density at radius 1 is 1.16 bits per heavy atom. The summed E-state index contributed by atoms with van der Waals surface area (Å²) in [7, 11) is 0. The van der Waals surface area contributed by atoms with Crippen LogP contribution in [0, 0.1) is 5.92 Å². The van der Waals surface area contributed by atoms with Crippen molar-refractivity contribution in [2.24, 2.45) is 5.92 Å². The standard InChI is InChI=1S/C24H32N4O3/c1-2-31-21-6-4-20(5-7-21)24(10-16-30-17-11-24)18-27-22(29)19-8-14-28(15-9-19)23-25-12-3-13-26-23/h3-7,12-13,19H,2,8-11,14-18H2,1H3,(H,27,29). The van der Waals surface area contributed by atoms with Crippen molar-refractivity contribution in [2.45, 2.75) is 38.0 Å². The average molecular weight is 425 g/mol. The van der Waals surface area contributed by atoms with E-state index in [1.165, 1.54) is 5.56 Å². The monoisotopic (exact) mass is 424 g/mol. The van der Waals surface area contributed by atoms with E-state index < -0.39 is 0 Å². The summed E-state index contributed by atoms with van der Waals surface area (Å²) < 4.78 is 11.2. The molecule has 31 heavy (non-hydrogen) atoms. The molecule has 2 saturated heterocycles. The highest BCUT2D eigenvalue weighted by Gasteiger charge is 2.36. The lowest BCUT2D eigenvalue weighted by atomic mass is 9.74. The molecular weight excluding hydrogens is 392 g/mol. The number of rotatable bonds is 7. The second-order valence-electron chi connectivity index (χ2n) is 8.38. The summed E-state index contributed by atoms with van der Waals surface area (Å²) >= 11 is 0. The van der Waals surface area contributed by atoms with E-state index in [1.54, 1.807) is 12.4 Å². The normalized spacial score (nSPS) is 19.1. The van der Waals surface area contributed by atoms with Crippen molar-refractivity contribution in [2.75, 3.05) is 44.4 Å². The van der Waals surface area contributed by atoms with Crippen LogP contribution in [0.2, 0.25) is 0 Å². The van der Waals surface area contributed by atoms with E-state index in [-0.39, 0.29) is 17.2 Å². The van der Waals surface area contributed by atoms with Crippen LogP contribution in [0.25, 0.3) is 0 Å². The van der Waals surface area contributed by atoms with Crippen LogP contribution < -0.4 is 15.0 Å². The van der Waals surface area contributed by atoms with Crippen LogP contribution in [0.15, 0.2) is 42.7 Å². The third-order valence-corrected chi connectivity index (χ3v) is 6.53. The Morgan fingerprint density at radius 3 is 2.48 bits per heavy atom. The fourth-order valence-electron chi connectivity index (χ4n) is 4.60. The van der Waals surface area contributed by atoms with Gasteiger partial charge in [0, 0.05) is 56.6 Å². The molecule has 0 atom stereocenters. The van der Waals surface area contributed by atoms with E-state index in [0.717, 1.165) is 63.7 Å². The Morgan fingerprint density at radius 2 is 1.84 bits per heavy atom. The van der Waals surface area contributed by atoms with Gasteiger partial charge in [-0.15, -0.1) is 0 Å². The number of hydrogen-bond acceptors (Lipinski definition) is 6. The molecule has 2 fully saturated rings. The molecule has 0 spiro atoms. The number of anilines is 1. The van der Waals surface area contributed by atoms with Gasteiger partial charge in [-0.2, -0.15) is 0 Å². The van der Waals surface area contributed by atoms with Gasteiger partial charge in [0.2, 0.25) is 11.9 Å². The number of aromatic nitrogens is 2. The number of benzene rings is 1. The maximum atomic E-state index is 13.0. The molecule has 0 radical (unpaired) electrons. The predicted octanol–water partition coefficient (Wildman–Crippen LogP) is 2.96. The van der Waals surface area contributed by atoms with Gasteiger partial charge in [-0.25, -0.2) is 9.97 Å². The molecule has 1 aromatic heterocycles. The van der Waals surface area contributed by atoms with Crippen LogP contribution >= 0.6 is 0 Å². The quantitative estimate of drug-likeness (QED) is 0.737. The SMILES string of the molecule is CCOc1ccc(C2(CNC(=O)C3CCN(c4ncccn4)CC3)CCOCC2)cc1. The number of hydrogen-bond donors (Lipinski definition) is 1.